The summed E-state index contributed by atoms with van der Waals surface area (Å²) in [5.41, 5.74) is 1.30. The Labute approximate surface area is 96.3 Å². The molecule has 13 heavy (non-hydrogen) atoms. The molecule has 70 valence electrons. The minimum absolute atomic E-state index is 0.453. The van der Waals surface area contributed by atoms with Crippen LogP contribution < -0.4 is 0 Å². The van der Waals surface area contributed by atoms with Gasteiger partial charge in [-0.25, -0.2) is 0 Å². The van der Waals surface area contributed by atoms with Crippen molar-refractivity contribution in [3.63, 3.8) is 0 Å². The zero-order valence-corrected chi connectivity index (χ0v) is 10.7. The Bertz CT molecular complexity index is 285. The van der Waals surface area contributed by atoms with E-state index in [1.165, 1.54) is 5.56 Å². The van der Waals surface area contributed by atoms with Crippen LogP contribution in [0.2, 0.25) is 0 Å². The number of benzene rings is 1. The largest absolute Gasteiger partial charge is 0.102 e. The average molecular weight is 304 g/mol. The zero-order valence-electron chi connectivity index (χ0n) is 7.56. The van der Waals surface area contributed by atoms with E-state index in [1.54, 1.807) is 0 Å². The van der Waals surface area contributed by atoms with Crippen LogP contribution in [0.25, 0.3) is 0 Å². The second-order valence-corrected chi connectivity index (χ2v) is 4.78. The van der Waals surface area contributed by atoms with E-state index in [4.69, 9.17) is 0 Å². The van der Waals surface area contributed by atoms with Gasteiger partial charge >= 0.3 is 0 Å². The van der Waals surface area contributed by atoms with Crippen molar-refractivity contribution >= 4 is 31.9 Å². The van der Waals surface area contributed by atoms with Crippen molar-refractivity contribution in [1.82, 2.24) is 0 Å². The van der Waals surface area contributed by atoms with Crippen molar-refractivity contribution < 1.29 is 0 Å². The molecule has 0 nitrogen and oxygen atoms in total. The maximum Gasteiger partial charge on any atom is 0.0189 e. The molecule has 0 N–H and O–H groups in total. The third-order valence-electron chi connectivity index (χ3n) is 2.04. The molecule has 0 amide bonds. The molecule has 0 heterocycles. The molecule has 1 unspecified atom stereocenters. The Morgan fingerprint density at radius 2 is 1.85 bits per heavy atom. The van der Waals surface area contributed by atoms with E-state index >= 15 is 0 Å². The Hall–Kier alpha value is -0.0800. The number of halogens is 2. The molecule has 1 aromatic rings. The molecule has 0 aliphatic carbocycles. The first kappa shape index (κ1) is 11.0. The molecule has 0 aliphatic heterocycles. The smallest absolute Gasteiger partial charge is 0.0189 e. The van der Waals surface area contributed by atoms with E-state index < -0.39 is 0 Å². The maximum atomic E-state index is 3.84. The number of allylic oxidation sites excluding steroid dienone is 1. The van der Waals surface area contributed by atoms with Gasteiger partial charge in [-0.1, -0.05) is 44.9 Å². The average Bonchev–Trinajstić information content (AvgIpc) is 2.04. The van der Waals surface area contributed by atoms with E-state index in [1.807, 2.05) is 12.1 Å². The first-order valence-electron chi connectivity index (χ1n) is 4.26. The minimum Gasteiger partial charge on any atom is -0.102 e. The summed E-state index contributed by atoms with van der Waals surface area (Å²) in [4.78, 5) is 0. The summed E-state index contributed by atoms with van der Waals surface area (Å²) >= 11 is 6.95. The van der Waals surface area contributed by atoms with Gasteiger partial charge in [-0.15, -0.1) is 6.58 Å². The highest BCUT2D eigenvalue weighted by atomic mass is 79.9. The number of hydrogen-bond donors (Lipinski definition) is 0. The number of rotatable bonds is 3. The van der Waals surface area contributed by atoms with Crippen LogP contribution >= 0.6 is 31.9 Å². The van der Waals surface area contributed by atoms with Gasteiger partial charge in [0, 0.05) is 14.9 Å². The first-order valence-corrected chi connectivity index (χ1v) is 5.84. The van der Waals surface area contributed by atoms with Gasteiger partial charge in [0.05, 0.1) is 0 Å². The van der Waals surface area contributed by atoms with Crippen LogP contribution in [-0.4, -0.2) is 0 Å². The van der Waals surface area contributed by atoms with Crippen molar-refractivity contribution in [3.05, 3.63) is 45.4 Å². The van der Waals surface area contributed by atoms with Gasteiger partial charge in [-0.3, -0.25) is 0 Å². The predicted molar refractivity (Wildman–Crippen MR) is 65.1 cm³/mol. The maximum absolute atomic E-state index is 3.84. The molecule has 1 rings (SSSR count). The van der Waals surface area contributed by atoms with Crippen LogP contribution in [0, 0.1) is 0 Å². The molecule has 0 bridgehead atoms. The summed E-state index contributed by atoms with van der Waals surface area (Å²) in [7, 11) is 0. The Kier molecular flexibility index (Phi) is 4.20. The van der Waals surface area contributed by atoms with Gasteiger partial charge < -0.3 is 0 Å². The van der Waals surface area contributed by atoms with Crippen molar-refractivity contribution in [1.29, 1.82) is 0 Å². The summed E-state index contributed by atoms with van der Waals surface area (Å²) in [6.45, 7) is 6.00. The van der Waals surface area contributed by atoms with Crippen LogP contribution in [-0.2, 0) is 0 Å². The summed E-state index contributed by atoms with van der Waals surface area (Å²) < 4.78 is 2.22. The molecule has 0 spiro atoms. The van der Waals surface area contributed by atoms with Gasteiger partial charge in [-0.05, 0) is 30.2 Å². The molecule has 0 saturated carbocycles. The van der Waals surface area contributed by atoms with Gasteiger partial charge in [0.2, 0.25) is 0 Å². The lowest BCUT2D eigenvalue weighted by Gasteiger charge is -2.10. The standard InChI is InChI=1S/C11H12Br2/c1-3-8(4-2)9-5-10(12)7-11(13)6-9/h3,5-8H,1,4H2,2H3. The highest BCUT2D eigenvalue weighted by molar-refractivity contribution is 9.11. The molecule has 0 aliphatic rings. The topological polar surface area (TPSA) is 0 Å². The molecular formula is C11H12Br2. The fraction of sp³-hybridized carbons (Fsp3) is 0.273. The van der Waals surface area contributed by atoms with Crippen LogP contribution in [0.15, 0.2) is 39.8 Å². The van der Waals surface area contributed by atoms with Crippen LogP contribution in [0.3, 0.4) is 0 Å². The van der Waals surface area contributed by atoms with Crippen molar-refractivity contribution in [2.24, 2.45) is 0 Å². The third kappa shape index (κ3) is 2.96. The molecule has 0 aromatic heterocycles. The van der Waals surface area contributed by atoms with E-state index in [2.05, 4.69) is 57.5 Å². The Morgan fingerprint density at radius 1 is 1.31 bits per heavy atom. The lowest BCUT2D eigenvalue weighted by atomic mass is 9.97. The van der Waals surface area contributed by atoms with Crippen molar-refractivity contribution in [3.8, 4) is 0 Å². The molecule has 0 saturated heterocycles. The summed E-state index contributed by atoms with van der Waals surface area (Å²) in [6.07, 6.45) is 3.08. The quantitative estimate of drug-likeness (QED) is 0.697. The van der Waals surface area contributed by atoms with Crippen molar-refractivity contribution in [2.75, 3.05) is 0 Å². The predicted octanol–water partition coefficient (Wildman–Crippen LogP) is 4.89. The van der Waals surface area contributed by atoms with Gasteiger partial charge in [0.1, 0.15) is 0 Å². The highest BCUT2D eigenvalue weighted by Crippen LogP contribution is 2.27. The van der Waals surface area contributed by atoms with E-state index in [-0.39, 0.29) is 0 Å². The second kappa shape index (κ2) is 4.97. The Morgan fingerprint density at radius 3 is 2.23 bits per heavy atom. The van der Waals surface area contributed by atoms with Gasteiger partial charge in [-0.2, -0.15) is 0 Å². The fourth-order valence-electron chi connectivity index (χ4n) is 1.33. The summed E-state index contributed by atoms with van der Waals surface area (Å²) in [6, 6.07) is 6.32. The van der Waals surface area contributed by atoms with Crippen LogP contribution in [0.1, 0.15) is 24.8 Å². The summed E-state index contributed by atoms with van der Waals surface area (Å²) in [5.74, 6) is 0.453. The lowest BCUT2D eigenvalue weighted by molar-refractivity contribution is 0.806. The van der Waals surface area contributed by atoms with E-state index in [0.717, 1.165) is 15.4 Å². The molecule has 0 radical (unpaired) electrons. The summed E-state index contributed by atoms with van der Waals surface area (Å²) in [5, 5.41) is 0. The molecular weight excluding hydrogens is 292 g/mol. The number of hydrogen-bond acceptors (Lipinski definition) is 0. The second-order valence-electron chi connectivity index (χ2n) is 2.95. The molecule has 2 heteroatoms. The third-order valence-corrected chi connectivity index (χ3v) is 2.95. The fourth-order valence-corrected chi connectivity index (χ4v) is 2.66. The molecule has 1 atom stereocenters. The normalized spacial score (nSPS) is 12.5. The Balaban J connectivity index is 3.05. The van der Waals surface area contributed by atoms with Crippen LogP contribution in [0.5, 0.6) is 0 Å². The zero-order chi connectivity index (χ0) is 9.84. The van der Waals surface area contributed by atoms with Gasteiger partial charge in [0.25, 0.3) is 0 Å². The minimum atomic E-state index is 0.453. The first-order chi connectivity index (χ1) is 6.17. The lowest BCUT2D eigenvalue weighted by Crippen LogP contribution is -1.92. The SMILES string of the molecule is C=CC(CC)c1cc(Br)cc(Br)c1. The molecule has 1 aromatic carbocycles. The van der Waals surface area contributed by atoms with Crippen LogP contribution in [0.4, 0.5) is 0 Å². The van der Waals surface area contributed by atoms with E-state index in [0.29, 0.717) is 5.92 Å². The highest BCUT2D eigenvalue weighted by Gasteiger charge is 2.06. The molecule has 0 fully saturated rings. The van der Waals surface area contributed by atoms with Crippen molar-refractivity contribution in [2.45, 2.75) is 19.3 Å². The van der Waals surface area contributed by atoms with E-state index in [9.17, 15) is 0 Å². The van der Waals surface area contributed by atoms with Gasteiger partial charge in [0.15, 0.2) is 0 Å². The monoisotopic (exact) mass is 302 g/mol.